The molecule has 1 aromatic carbocycles. The summed E-state index contributed by atoms with van der Waals surface area (Å²) in [7, 11) is 0. The molecule has 8 nitrogen and oxygen atoms in total. The minimum Gasteiger partial charge on any atom is -0.508 e. The predicted octanol–water partition coefficient (Wildman–Crippen LogP) is 3.87. The van der Waals surface area contributed by atoms with Crippen LogP contribution in [0.4, 0.5) is 0 Å². The summed E-state index contributed by atoms with van der Waals surface area (Å²) in [5.74, 6) is -0.999. The second-order valence-corrected chi connectivity index (χ2v) is 11.4. The number of amides is 1. The molecule has 0 aromatic heterocycles. The van der Waals surface area contributed by atoms with Crippen LogP contribution in [-0.2, 0) is 30.3 Å². The third-order valence-corrected chi connectivity index (χ3v) is 5.75. The number of aromatic hydroxyl groups is 1. The fourth-order valence-electron chi connectivity index (χ4n) is 4.17. The summed E-state index contributed by atoms with van der Waals surface area (Å²) in [6.45, 7) is 10.6. The molecule has 2 rings (SSSR count). The first-order chi connectivity index (χ1) is 16.1. The molecule has 4 N–H and O–H groups in total. The first-order valence-corrected chi connectivity index (χ1v) is 12.5. The van der Waals surface area contributed by atoms with Gasteiger partial charge < -0.3 is 25.6 Å². The first kappa shape index (κ1) is 28.6. The van der Waals surface area contributed by atoms with Gasteiger partial charge in [-0.05, 0) is 83.9 Å². The molecule has 1 saturated carbocycles. The van der Waals surface area contributed by atoms with Gasteiger partial charge in [0.1, 0.15) is 23.0 Å². The minimum absolute atomic E-state index is 0.00826. The number of nitrogens with two attached hydrogens (primary N) is 1. The summed E-state index contributed by atoms with van der Waals surface area (Å²) in [6, 6.07) is 3.36. The van der Waals surface area contributed by atoms with E-state index in [0.29, 0.717) is 5.92 Å². The monoisotopic (exact) mass is 490 g/mol. The number of hydrogen-bond acceptors (Lipinski definition) is 7. The van der Waals surface area contributed by atoms with Gasteiger partial charge >= 0.3 is 11.9 Å². The quantitative estimate of drug-likeness (QED) is 0.448. The van der Waals surface area contributed by atoms with Crippen LogP contribution in [0, 0.1) is 0 Å². The Balaban J connectivity index is 2.11. The lowest BCUT2D eigenvalue weighted by molar-refractivity contribution is -0.159. The van der Waals surface area contributed by atoms with Crippen LogP contribution in [0.15, 0.2) is 18.2 Å². The van der Waals surface area contributed by atoms with E-state index in [1.54, 1.807) is 53.7 Å². The molecule has 1 aromatic rings. The van der Waals surface area contributed by atoms with Crippen LogP contribution in [0.1, 0.15) is 97.1 Å². The normalized spacial score (nSPS) is 16.4. The molecule has 8 heteroatoms. The highest BCUT2D eigenvalue weighted by atomic mass is 16.6. The molecule has 196 valence electrons. The van der Waals surface area contributed by atoms with Gasteiger partial charge in [0.15, 0.2) is 0 Å². The maximum Gasteiger partial charge on any atom is 0.329 e. The molecule has 0 heterocycles. The molecule has 0 spiro atoms. The number of rotatable bonds is 9. The predicted molar refractivity (Wildman–Crippen MR) is 134 cm³/mol. The van der Waals surface area contributed by atoms with Gasteiger partial charge in [-0.1, -0.05) is 25.0 Å². The molecule has 1 aliphatic carbocycles. The van der Waals surface area contributed by atoms with Crippen LogP contribution < -0.4 is 11.1 Å². The number of phenolic OH excluding ortho intramolecular Hbond substituents is 1. The van der Waals surface area contributed by atoms with Gasteiger partial charge in [-0.2, -0.15) is 0 Å². The molecule has 0 aliphatic heterocycles. The van der Waals surface area contributed by atoms with E-state index in [1.807, 2.05) is 6.07 Å². The van der Waals surface area contributed by atoms with Crippen LogP contribution in [0.25, 0.3) is 0 Å². The van der Waals surface area contributed by atoms with Crippen molar-refractivity contribution in [3.05, 3.63) is 29.3 Å². The van der Waals surface area contributed by atoms with E-state index in [0.717, 1.165) is 36.8 Å². The molecule has 1 aliphatic rings. The summed E-state index contributed by atoms with van der Waals surface area (Å²) >= 11 is 0. The molecule has 35 heavy (non-hydrogen) atoms. The Morgan fingerprint density at radius 1 is 1.06 bits per heavy atom. The summed E-state index contributed by atoms with van der Waals surface area (Å²) in [6.07, 6.45) is 4.58. The first-order valence-electron chi connectivity index (χ1n) is 12.5. The number of carbonyl (C=O) groups is 3. The molecule has 1 amide bonds. The van der Waals surface area contributed by atoms with Crippen molar-refractivity contribution in [2.45, 2.75) is 116 Å². The Morgan fingerprint density at radius 2 is 1.66 bits per heavy atom. The van der Waals surface area contributed by atoms with Gasteiger partial charge in [0, 0.05) is 12.8 Å². The minimum atomic E-state index is -0.985. The van der Waals surface area contributed by atoms with Gasteiger partial charge in [0.25, 0.3) is 0 Å². The van der Waals surface area contributed by atoms with Crippen LogP contribution >= 0.6 is 0 Å². The van der Waals surface area contributed by atoms with Crippen molar-refractivity contribution in [1.29, 1.82) is 0 Å². The van der Waals surface area contributed by atoms with Gasteiger partial charge in [-0.15, -0.1) is 0 Å². The topological polar surface area (TPSA) is 128 Å². The van der Waals surface area contributed by atoms with Crippen molar-refractivity contribution in [3.8, 4) is 5.75 Å². The molecular weight excluding hydrogens is 448 g/mol. The lowest BCUT2D eigenvalue weighted by Gasteiger charge is -2.26. The van der Waals surface area contributed by atoms with Gasteiger partial charge in [0.2, 0.25) is 5.91 Å². The smallest absolute Gasteiger partial charge is 0.329 e. The second-order valence-electron chi connectivity index (χ2n) is 11.4. The van der Waals surface area contributed by atoms with Crippen molar-refractivity contribution in [2.24, 2.45) is 5.73 Å². The Kier molecular flexibility index (Phi) is 9.72. The van der Waals surface area contributed by atoms with Gasteiger partial charge in [-0.25, -0.2) is 4.79 Å². The number of benzene rings is 1. The molecule has 0 radical (unpaired) electrons. The van der Waals surface area contributed by atoms with Crippen LogP contribution in [0.5, 0.6) is 5.75 Å². The molecular formula is C27H42N2O6. The number of ether oxygens (including phenoxy) is 2. The fourth-order valence-corrected chi connectivity index (χ4v) is 4.17. The average molecular weight is 491 g/mol. The van der Waals surface area contributed by atoms with E-state index in [2.05, 4.69) is 5.32 Å². The Hall–Kier alpha value is -2.61. The van der Waals surface area contributed by atoms with Crippen molar-refractivity contribution >= 4 is 17.8 Å². The summed E-state index contributed by atoms with van der Waals surface area (Å²) in [5, 5.41) is 13.1. The van der Waals surface area contributed by atoms with Gasteiger partial charge in [-0.3, -0.25) is 9.59 Å². The van der Waals surface area contributed by atoms with Crippen LogP contribution in [0.2, 0.25) is 0 Å². The van der Waals surface area contributed by atoms with E-state index < -0.39 is 41.1 Å². The number of hydrogen-bond donors (Lipinski definition) is 3. The molecule has 0 unspecified atom stereocenters. The number of nitrogens with one attached hydrogen (secondary N) is 1. The highest BCUT2D eigenvalue weighted by molar-refractivity contribution is 5.88. The largest absolute Gasteiger partial charge is 0.508 e. The average Bonchev–Trinajstić information content (AvgIpc) is 3.24. The zero-order valence-electron chi connectivity index (χ0n) is 22.0. The van der Waals surface area contributed by atoms with Gasteiger partial charge in [0.05, 0.1) is 6.04 Å². The van der Waals surface area contributed by atoms with Crippen molar-refractivity contribution in [1.82, 2.24) is 5.32 Å². The Labute approximate surface area is 208 Å². The fraction of sp³-hybridized carbons (Fsp3) is 0.667. The molecule has 1 fully saturated rings. The van der Waals surface area contributed by atoms with Crippen LogP contribution in [-0.4, -0.2) is 46.2 Å². The zero-order valence-corrected chi connectivity index (χ0v) is 22.0. The van der Waals surface area contributed by atoms with E-state index in [4.69, 9.17) is 15.2 Å². The van der Waals surface area contributed by atoms with Crippen molar-refractivity contribution in [2.75, 3.05) is 0 Å². The number of phenols is 1. The second kappa shape index (κ2) is 11.9. The third kappa shape index (κ3) is 9.88. The standard InChI is InChI=1S/C27H42N2O6/c1-26(2,3)34-23(31)14-12-20(28)24(32)29-21(25(33)35-27(4,5)6)16-17-11-13-22(30)19(15-17)18-9-7-8-10-18/h11,13,15,18,20-21,30H,7-10,12,14,16,28H2,1-6H3,(H,29,32)/t20-,21-/m0/s1. The zero-order chi connectivity index (χ0) is 26.4. The summed E-state index contributed by atoms with van der Waals surface area (Å²) in [4.78, 5) is 37.7. The third-order valence-electron chi connectivity index (χ3n) is 5.75. The lowest BCUT2D eigenvalue weighted by atomic mass is 9.93. The Bertz CT molecular complexity index is 894. The van der Waals surface area contributed by atoms with Crippen molar-refractivity contribution in [3.63, 3.8) is 0 Å². The lowest BCUT2D eigenvalue weighted by Crippen LogP contribution is -2.51. The molecule has 0 saturated heterocycles. The maximum absolute atomic E-state index is 13.0. The van der Waals surface area contributed by atoms with E-state index in [1.165, 1.54) is 0 Å². The van der Waals surface area contributed by atoms with E-state index >= 15 is 0 Å². The summed E-state index contributed by atoms with van der Waals surface area (Å²) < 4.78 is 10.8. The highest BCUT2D eigenvalue weighted by Gasteiger charge is 2.30. The highest BCUT2D eigenvalue weighted by Crippen LogP contribution is 2.38. The summed E-state index contributed by atoms with van der Waals surface area (Å²) in [5.41, 5.74) is 6.36. The molecule has 2 atom stereocenters. The SMILES string of the molecule is CC(C)(C)OC(=O)CC[C@H](N)C(=O)N[C@@H](Cc1ccc(O)c(C2CCCC2)c1)C(=O)OC(C)(C)C. The van der Waals surface area contributed by atoms with Crippen molar-refractivity contribution < 1.29 is 29.0 Å². The van der Waals surface area contributed by atoms with E-state index in [-0.39, 0.29) is 25.0 Å². The van der Waals surface area contributed by atoms with E-state index in [9.17, 15) is 19.5 Å². The maximum atomic E-state index is 13.0. The van der Waals surface area contributed by atoms with Crippen LogP contribution in [0.3, 0.4) is 0 Å². The number of esters is 2. The number of carbonyl (C=O) groups excluding carboxylic acids is 3. The Morgan fingerprint density at radius 3 is 2.23 bits per heavy atom. The molecule has 0 bridgehead atoms.